The fourth-order valence-corrected chi connectivity index (χ4v) is 5.33. The molecular formula is C14H14Br2N2O6S. The molecule has 2 rings (SSSR count). The number of alkyl halides is 2. The van der Waals surface area contributed by atoms with Gasteiger partial charge < -0.3 is 4.74 Å². The quantitative estimate of drug-likeness (QED) is 0.259. The van der Waals surface area contributed by atoms with E-state index in [1.165, 1.54) is 30.8 Å². The first-order valence-corrected chi connectivity index (χ1v) is 9.95. The molecule has 0 amide bonds. The van der Waals surface area contributed by atoms with Crippen molar-refractivity contribution in [1.29, 1.82) is 0 Å². The molecule has 8 nitrogen and oxygen atoms in total. The number of nitro groups is 2. The van der Waals surface area contributed by atoms with E-state index in [0.717, 1.165) is 6.07 Å². The summed E-state index contributed by atoms with van der Waals surface area (Å²) in [6, 6.07) is 3.55. The number of halogens is 2. The van der Waals surface area contributed by atoms with Gasteiger partial charge in [0, 0.05) is 27.9 Å². The van der Waals surface area contributed by atoms with Gasteiger partial charge in [-0.3, -0.25) is 25.0 Å². The van der Waals surface area contributed by atoms with E-state index in [-0.39, 0.29) is 26.3 Å². The summed E-state index contributed by atoms with van der Waals surface area (Å²) in [5.41, 5.74) is -0.664. The summed E-state index contributed by atoms with van der Waals surface area (Å²) in [5, 5.41) is 21.9. The van der Waals surface area contributed by atoms with Crippen molar-refractivity contribution >= 4 is 61.0 Å². The van der Waals surface area contributed by atoms with Crippen LogP contribution in [0.5, 0.6) is 0 Å². The molecule has 1 aliphatic rings. The van der Waals surface area contributed by atoms with Crippen molar-refractivity contribution in [2.75, 3.05) is 0 Å². The zero-order chi connectivity index (χ0) is 18.7. The lowest BCUT2D eigenvalue weighted by Crippen LogP contribution is -2.40. The highest BCUT2D eigenvalue weighted by Gasteiger charge is 2.38. The Bertz CT molecular complexity index is 704. The molecule has 0 heterocycles. The van der Waals surface area contributed by atoms with Crippen LogP contribution in [0.15, 0.2) is 23.1 Å². The second kappa shape index (κ2) is 8.45. The number of ether oxygens (including phenoxy) is 1. The molecule has 0 aliphatic heterocycles. The molecule has 1 aliphatic carbocycles. The number of thioether (sulfide) groups is 1. The SMILES string of the molecule is CC(=O)O[C@@H]1C[C@@H](Br)[C@H](Br)C[C@H]1Sc1ccc([N+](=O)[O-])cc1[N+](=O)[O-]. The number of esters is 1. The number of carbonyl (C=O) groups is 1. The number of non-ortho nitro benzene ring substituents is 1. The average Bonchev–Trinajstić information content (AvgIpc) is 2.51. The summed E-state index contributed by atoms with van der Waals surface area (Å²) in [6.07, 6.45) is 0.774. The Kier molecular flexibility index (Phi) is 6.80. The van der Waals surface area contributed by atoms with Gasteiger partial charge >= 0.3 is 5.97 Å². The molecule has 11 heteroatoms. The van der Waals surface area contributed by atoms with E-state index in [1.54, 1.807) is 0 Å². The van der Waals surface area contributed by atoms with Gasteiger partial charge in [0.05, 0.1) is 20.8 Å². The lowest BCUT2D eigenvalue weighted by atomic mass is 9.97. The van der Waals surface area contributed by atoms with E-state index in [9.17, 15) is 25.0 Å². The Morgan fingerprint density at radius 3 is 2.40 bits per heavy atom. The van der Waals surface area contributed by atoms with Crippen molar-refractivity contribution in [3.8, 4) is 0 Å². The maximum atomic E-state index is 11.4. The van der Waals surface area contributed by atoms with Crippen molar-refractivity contribution < 1.29 is 19.4 Å². The summed E-state index contributed by atoms with van der Waals surface area (Å²) in [5.74, 6) is -0.415. The van der Waals surface area contributed by atoms with Gasteiger partial charge in [0.15, 0.2) is 0 Å². The van der Waals surface area contributed by atoms with Crippen molar-refractivity contribution in [1.82, 2.24) is 0 Å². The van der Waals surface area contributed by atoms with Crippen LogP contribution in [0.25, 0.3) is 0 Å². The van der Waals surface area contributed by atoms with Gasteiger partial charge in [0.2, 0.25) is 0 Å². The number of rotatable bonds is 5. The van der Waals surface area contributed by atoms with Crippen molar-refractivity contribution in [3.63, 3.8) is 0 Å². The van der Waals surface area contributed by atoms with E-state index >= 15 is 0 Å². The predicted octanol–water partition coefficient (Wildman–Crippen LogP) is 4.22. The molecule has 1 aromatic rings. The number of hydrogen-bond acceptors (Lipinski definition) is 7. The van der Waals surface area contributed by atoms with Gasteiger partial charge in [-0.1, -0.05) is 31.9 Å². The summed E-state index contributed by atoms with van der Waals surface area (Å²) < 4.78 is 5.37. The molecular weight excluding hydrogens is 484 g/mol. The number of nitro benzene ring substituents is 2. The Morgan fingerprint density at radius 2 is 1.84 bits per heavy atom. The number of hydrogen-bond donors (Lipinski definition) is 0. The first-order chi connectivity index (χ1) is 11.7. The molecule has 136 valence electrons. The topological polar surface area (TPSA) is 113 Å². The van der Waals surface area contributed by atoms with Crippen molar-refractivity contribution in [2.45, 2.75) is 45.7 Å². The number of benzene rings is 1. The van der Waals surface area contributed by atoms with Gasteiger partial charge in [0.25, 0.3) is 11.4 Å². The molecule has 0 aromatic heterocycles. The molecule has 0 saturated heterocycles. The number of nitrogens with zero attached hydrogens (tertiary/aromatic N) is 2. The Hall–Kier alpha value is -1.20. The van der Waals surface area contributed by atoms with Gasteiger partial charge in [0.1, 0.15) is 6.10 Å². The van der Waals surface area contributed by atoms with Gasteiger partial charge in [-0.25, -0.2) is 0 Å². The molecule has 0 radical (unpaired) electrons. The van der Waals surface area contributed by atoms with E-state index in [0.29, 0.717) is 17.7 Å². The Morgan fingerprint density at radius 1 is 1.20 bits per heavy atom. The minimum absolute atomic E-state index is 0.112. The van der Waals surface area contributed by atoms with E-state index in [2.05, 4.69) is 31.9 Å². The molecule has 0 unspecified atom stereocenters. The van der Waals surface area contributed by atoms with Crippen LogP contribution in [-0.2, 0) is 9.53 Å². The highest BCUT2D eigenvalue weighted by Crippen LogP contribution is 2.43. The van der Waals surface area contributed by atoms with Crippen LogP contribution in [0.1, 0.15) is 19.8 Å². The lowest BCUT2D eigenvalue weighted by Gasteiger charge is -2.35. The maximum Gasteiger partial charge on any atom is 0.302 e. The third kappa shape index (κ3) is 5.14. The lowest BCUT2D eigenvalue weighted by molar-refractivity contribution is -0.396. The highest BCUT2D eigenvalue weighted by atomic mass is 79.9. The Balaban J connectivity index is 2.30. The zero-order valence-corrected chi connectivity index (χ0v) is 17.0. The average molecular weight is 498 g/mol. The van der Waals surface area contributed by atoms with Crippen molar-refractivity contribution in [2.24, 2.45) is 0 Å². The minimum Gasteiger partial charge on any atom is -0.461 e. The molecule has 1 fully saturated rings. The van der Waals surface area contributed by atoms with Crippen LogP contribution < -0.4 is 0 Å². The van der Waals surface area contributed by atoms with Crippen molar-refractivity contribution in [3.05, 3.63) is 38.4 Å². The summed E-state index contributed by atoms with van der Waals surface area (Å²) in [7, 11) is 0. The zero-order valence-electron chi connectivity index (χ0n) is 13.0. The van der Waals surface area contributed by atoms with E-state index in [1.807, 2.05) is 0 Å². The van der Waals surface area contributed by atoms with Crippen LogP contribution in [0.3, 0.4) is 0 Å². The second-order valence-electron chi connectivity index (χ2n) is 5.47. The fourth-order valence-electron chi connectivity index (χ4n) is 2.53. The molecule has 0 bridgehead atoms. The fraction of sp³-hybridized carbons (Fsp3) is 0.500. The molecule has 0 spiro atoms. The minimum atomic E-state index is -0.673. The second-order valence-corrected chi connectivity index (χ2v) is 9.11. The summed E-state index contributed by atoms with van der Waals surface area (Å²) >= 11 is 8.29. The predicted molar refractivity (Wildman–Crippen MR) is 99.6 cm³/mol. The van der Waals surface area contributed by atoms with E-state index in [4.69, 9.17) is 4.74 Å². The highest BCUT2D eigenvalue weighted by molar-refractivity contribution is 9.12. The van der Waals surface area contributed by atoms with Gasteiger partial charge in [-0.05, 0) is 18.9 Å². The molecule has 4 atom stereocenters. The third-order valence-electron chi connectivity index (χ3n) is 3.67. The first kappa shape index (κ1) is 20.1. The number of carbonyl (C=O) groups excluding carboxylic acids is 1. The van der Waals surface area contributed by atoms with E-state index < -0.39 is 21.9 Å². The van der Waals surface area contributed by atoms with Gasteiger partial charge in [-0.15, -0.1) is 11.8 Å². The monoisotopic (exact) mass is 496 g/mol. The molecule has 1 saturated carbocycles. The summed E-state index contributed by atoms with van der Waals surface area (Å²) in [4.78, 5) is 32.7. The van der Waals surface area contributed by atoms with Crippen LogP contribution in [0, 0.1) is 20.2 Å². The molecule has 0 N–H and O–H groups in total. The van der Waals surface area contributed by atoms with Crippen LogP contribution >= 0.6 is 43.6 Å². The molecule has 1 aromatic carbocycles. The maximum absolute atomic E-state index is 11.4. The normalized spacial score (nSPS) is 26.0. The first-order valence-electron chi connectivity index (χ1n) is 7.24. The van der Waals surface area contributed by atoms with Crippen LogP contribution in [-0.4, -0.2) is 36.8 Å². The summed E-state index contributed by atoms with van der Waals surface area (Å²) in [6.45, 7) is 1.32. The largest absolute Gasteiger partial charge is 0.461 e. The standard InChI is InChI=1S/C14H14Br2N2O6S/c1-7(19)24-12-5-9(15)10(16)6-14(12)25-13-3-2-8(17(20)21)4-11(13)18(22)23/h2-4,9-10,12,14H,5-6H2,1H3/t9-,10-,12-,14-/m1/s1. The third-order valence-corrected chi connectivity index (χ3v) is 7.80. The molecule has 25 heavy (non-hydrogen) atoms. The van der Waals surface area contributed by atoms with Crippen LogP contribution in [0.4, 0.5) is 11.4 Å². The Labute approximate surface area is 164 Å². The smallest absolute Gasteiger partial charge is 0.302 e. The van der Waals surface area contributed by atoms with Gasteiger partial charge in [-0.2, -0.15) is 0 Å². The van der Waals surface area contributed by atoms with Crippen LogP contribution in [0.2, 0.25) is 0 Å².